The third kappa shape index (κ3) is 2.71. The summed E-state index contributed by atoms with van der Waals surface area (Å²) in [5, 5.41) is 0. The van der Waals surface area contributed by atoms with Crippen molar-refractivity contribution < 1.29 is 17.5 Å². The molecular formula is C14H20FN3O3S. The van der Waals surface area contributed by atoms with Gasteiger partial charge in [-0.1, -0.05) is 6.07 Å². The van der Waals surface area contributed by atoms with Crippen LogP contribution in [0.5, 0.6) is 0 Å². The molecule has 0 aromatic heterocycles. The highest BCUT2D eigenvalue weighted by Gasteiger charge is 2.45. The van der Waals surface area contributed by atoms with E-state index in [1.807, 2.05) is 11.0 Å². The fraction of sp³-hybridized carbons (Fsp3) is 0.571. The van der Waals surface area contributed by atoms with Crippen LogP contribution >= 0.6 is 0 Å². The molecule has 2 heterocycles. The van der Waals surface area contributed by atoms with Gasteiger partial charge in [0.25, 0.3) is 10.2 Å². The zero-order valence-corrected chi connectivity index (χ0v) is 13.5. The van der Waals surface area contributed by atoms with E-state index >= 15 is 0 Å². The van der Waals surface area contributed by atoms with Crippen LogP contribution in [0.4, 0.5) is 10.1 Å². The van der Waals surface area contributed by atoms with E-state index in [4.69, 9.17) is 4.74 Å². The molecular weight excluding hydrogens is 309 g/mol. The molecule has 8 heteroatoms. The third-order valence-electron chi connectivity index (χ3n) is 4.18. The molecule has 0 unspecified atom stereocenters. The van der Waals surface area contributed by atoms with Gasteiger partial charge in [0.1, 0.15) is 5.82 Å². The predicted molar refractivity (Wildman–Crippen MR) is 81.5 cm³/mol. The summed E-state index contributed by atoms with van der Waals surface area (Å²) in [6.45, 7) is 1.79. The average molecular weight is 329 g/mol. The van der Waals surface area contributed by atoms with Gasteiger partial charge in [-0.15, -0.1) is 0 Å². The summed E-state index contributed by atoms with van der Waals surface area (Å²) in [6.07, 6.45) is -0.188. The lowest BCUT2D eigenvalue weighted by Crippen LogP contribution is -2.55. The van der Waals surface area contributed by atoms with Crippen molar-refractivity contribution in [1.82, 2.24) is 8.61 Å². The van der Waals surface area contributed by atoms with E-state index in [2.05, 4.69) is 0 Å². The molecule has 3 rings (SSSR count). The first-order valence-electron chi connectivity index (χ1n) is 7.21. The Kier molecular flexibility index (Phi) is 4.11. The lowest BCUT2D eigenvalue weighted by atomic mass is 10.2. The zero-order chi connectivity index (χ0) is 15.9. The van der Waals surface area contributed by atoms with Gasteiger partial charge in [-0.25, -0.2) is 4.39 Å². The van der Waals surface area contributed by atoms with Gasteiger partial charge in [0, 0.05) is 39.4 Å². The maximum Gasteiger partial charge on any atom is 0.281 e. The Labute approximate surface area is 130 Å². The van der Waals surface area contributed by atoms with Crippen molar-refractivity contribution in [3.05, 3.63) is 30.1 Å². The van der Waals surface area contributed by atoms with Gasteiger partial charge in [-0.3, -0.25) is 0 Å². The molecule has 0 amide bonds. The molecule has 1 aromatic carbocycles. The van der Waals surface area contributed by atoms with Crippen molar-refractivity contribution in [2.75, 3.05) is 45.2 Å². The molecule has 0 aliphatic carbocycles. The lowest BCUT2D eigenvalue weighted by Gasteiger charge is -2.36. The van der Waals surface area contributed by atoms with Crippen molar-refractivity contribution in [3.63, 3.8) is 0 Å². The van der Waals surface area contributed by atoms with Gasteiger partial charge in [-0.05, 0) is 18.2 Å². The third-order valence-corrected chi connectivity index (χ3v) is 6.15. The first-order chi connectivity index (χ1) is 10.4. The van der Waals surface area contributed by atoms with Crippen LogP contribution < -0.4 is 4.90 Å². The summed E-state index contributed by atoms with van der Waals surface area (Å²) in [7, 11) is -0.428. The molecule has 0 radical (unpaired) electrons. The zero-order valence-electron chi connectivity index (χ0n) is 12.6. The largest absolute Gasteiger partial charge is 0.373 e. The Morgan fingerprint density at radius 2 is 2.09 bits per heavy atom. The minimum atomic E-state index is -3.48. The number of nitrogens with zero attached hydrogens (tertiary/aromatic N) is 3. The standard InChI is InChI=1S/C14H20FN3O3S/c1-16(2)22(19,20)18-6-7-21-14-10-17(9-13(14)18)12-5-3-4-11(15)8-12/h3-5,8,13-14H,6-7,9-10H2,1-2H3/t13-,14+/m0/s1. The van der Waals surface area contributed by atoms with Crippen LogP contribution in [0.15, 0.2) is 24.3 Å². The van der Waals surface area contributed by atoms with E-state index in [-0.39, 0.29) is 18.0 Å². The first kappa shape index (κ1) is 15.7. The molecule has 22 heavy (non-hydrogen) atoms. The topological polar surface area (TPSA) is 53.1 Å². The number of rotatable bonds is 3. The van der Waals surface area contributed by atoms with Gasteiger partial charge < -0.3 is 9.64 Å². The molecule has 2 aliphatic heterocycles. The molecule has 2 atom stereocenters. The van der Waals surface area contributed by atoms with E-state index in [0.717, 1.165) is 5.69 Å². The molecule has 0 spiro atoms. The molecule has 2 fully saturated rings. The second-order valence-corrected chi connectivity index (χ2v) is 7.86. The maximum atomic E-state index is 13.4. The summed E-state index contributed by atoms with van der Waals surface area (Å²) in [6, 6.07) is 6.09. The molecule has 2 aliphatic rings. The number of benzene rings is 1. The molecule has 6 nitrogen and oxygen atoms in total. The highest BCUT2D eigenvalue weighted by Crippen LogP contribution is 2.29. The number of fused-ring (bicyclic) bond motifs is 1. The van der Waals surface area contributed by atoms with Crippen molar-refractivity contribution in [3.8, 4) is 0 Å². The highest BCUT2D eigenvalue weighted by molar-refractivity contribution is 7.86. The van der Waals surface area contributed by atoms with Crippen LogP contribution in [-0.4, -0.2) is 69.5 Å². The Morgan fingerprint density at radius 1 is 1.32 bits per heavy atom. The number of hydrogen-bond acceptors (Lipinski definition) is 4. The number of hydrogen-bond donors (Lipinski definition) is 0. The molecule has 2 saturated heterocycles. The maximum absolute atomic E-state index is 13.4. The molecule has 1 aromatic rings. The predicted octanol–water partition coefficient (Wildman–Crippen LogP) is 0.522. The minimum Gasteiger partial charge on any atom is -0.373 e. The average Bonchev–Trinajstić information content (AvgIpc) is 2.90. The summed E-state index contributed by atoms with van der Waals surface area (Å²) in [5.41, 5.74) is 0.750. The Balaban J connectivity index is 1.84. The van der Waals surface area contributed by atoms with Gasteiger partial charge in [0.05, 0.1) is 18.8 Å². The number of morpholine rings is 1. The van der Waals surface area contributed by atoms with E-state index in [9.17, 15) is 12.8 Å². The molecule has 0 N–H and O–H groups in total. The Morgan fingerprint density at radius 3 is 2.77 bits per heavy atom. The van der Waals surface area contributed by atoms with E-state index in [1.165, 1.54) is 34.8 Å². The summed E-state index contributed by atoms with van der Waals surface area (Å²) in [4.78, 5) is 1.97. The first-order valence-corrected chi connectivity index (χ1v) is 8.60. The number of anilines is 1. The summed E-state index contributed by atoms with van der Waals surface area (Å²) < 4.78 is 46.7. The van der Waals surface area contributed by atoms with E-state index in [0.29, 0.717) is 26.2 Å². The van der Waals surface area contributed by atoms with Crippen LogP contribution in [0.3, 0.4) is 0 Å². The second kappa shape index (κ2) is 5.77. The quantitative estimate of drug-likeness (QED) is 0.811. The summed E-state index contributed by atoms with van der Waals surface area (Å²) >= 11 is 0. The Bertz CT molecular complexity index is 652. The highest BCUT2D eigenvalue weighted by atomic mass is 32.2. The van der Waals surface area contributed by atoms with Crippen molar-refractivity contribution >= 4 is 15.9 Å². The molecule has 122 valence electrons. The van der Waals surface area contributed by atoms with Gasteiger partial charge in [-0.2, -0.15) is 17.0 Å². The van der Waals surface area contributed by atoms with Crippen molar-refractivity contribution in [1.29, 1.82) is 0 Å². The monoisotopic (exact) mass is 329 g/mol. The molecule has 0 bridgehead atoms. The van der Waals surface area contributed by atoms with Crippen LogP contribution in [0.2, 0.25) is 0 Å². The number of halogens is 1. The van der Waals surface area contributed by atoms with Crippen LogP contribution in [0.25, 0.3) is 0 Å². The normalized spacial score (nSPS) is 26.5. The van der Waals surface area contributed by atoms with Crippen LogP contribution in [-0.2, 0) is 14.9 Å². The lowest BCUT2D eigenvalue weighted by molar-refractivity contribution is -0.0161. The minimum absolute atomic E-state index is 0.188. The summed E-state index contributed by atoms with van der Waals surface area (Å²) in [5.74, 6) is -0.300. The van der Waals surface area contributed by atoms with Crippen molar-refractivity contribution in [2.45, 2.75) is 12.1 Å². The van der Waals surface area contributed by atoms with Gasteiger partial charge in [0.2, 0.25) is 0 Å². The van der Waals surface area contributed by atoms with Crippen LogP contribution in [0.1, 0.15) is 0 Å². The smallest absolute Gasteiger partial charge is 0.281 e. The number of ether oxygens (including phenoxy) is 1. The SMILES string of the molecule is CN(C)S(=O)(=O)N1CCO[C@@H]2CN(c3cccc(F)c3)C[C@@H]21. The van der Waals surface area contributed by atoms with Gasteiger partial charge >= 0.3 is 0 Å². The van der Waals surface area contributed by atoms with E-state index < -0.39 is 10.2 Å². The van der Waals surface area contributed by atoms with Crippen LogP contribution in [0, 0.1) is 5.82 Å². The molecule has 0 saturated carbocycles. The van der Waals surface area contributed by atoms with E-state index in [1.54, 1.807) is 6.07 Å². The van der Waals surface area contributed by atoms with Crippen molar-refractivity contribution in [2.24, 2.45) is 0 Å². The Hall–Kier alpha value is -1.22. The fourth-order valence-corrected chi connectivity index (χ4v) is 4.31. The fourth-order valence-electron chi connectivity index (χ4n) is 3.04. The van der Waals surface area contributed by atoms with Gasteiger partial charge in [0.15, 0.2) is 0 Å². The second-order valence-electron chi connectivity index (χ2n) is 5.76.